The monoisotopic (exact) mass is 590 g/mol. The van der Waals surface area contributed by atoms with Crippen molar-refractivity contribution < 1.29 is 19.0 Å². The summed E-state index contributed by atoms with van der Waals surface area (Å²) in [5.74, 6) is 1.79. The Morgan fingerprint density at radius 3 is 2.36 bits per heavy atom. The molecule has 2 aromatic carbocycles. The van der Waals surface area contributed by atoms with Crippen molar-refractivity contribution in [3.05, 3.63) is 55.3 Å². The van der Waals surface area contributed by atoms with Gasteiger partial charge in [0.2, 0.25) is 11.9 Å². The summed E-state index contributed by atoms with van der Waals surface area (Å²) < 4.78 is 16.4. The molecule has 0 fully saturated rings. The molecule has 4 rings (SSSR count). The van der Waals surface area contributed by atoms with E-state index in [0.717, 1.165) is 24.3 Å². The molecule has 0 bridgehead atoms. The Bertz CT molecular complexity index is 1560. The van der Waals surface area contributed by atoms with Gasteiger partial charge in [-0.3, -0.25) is 4.79 Å². The van der Waals surface area contributed by atoms with Gasteiger partial charge in [0, 0.05) is 38.0 Å². The fourth-order valence-corrected chi connectivity index (χ4v) is 4.79. The number of amides is 1. The number of aromatic nitrogens is 4. The van der Waals surface area contributed by atoms with E-state index in [0.29, 0.717) is 50.3 Å². The summed E-state index contributed by atoms with van der Waals surface area (Å²) >= 11 is 1.39. The number of ether oxygens (including phenoxy) is 3. The highest BCUT2D eigenvalue weighted by molar-refractivity contribution is 7.17. The molecule has 0 atom stereocenters. The number of hydrogen-bond donors (Lipinski definition) is 2. The lowest BCUT2D eigenvalue weighted by atomic mass is 10.2. The van der Waals surface area contributed by atoms with Crippen molar-refractivity contribution in [2.24, 2.45) is 0 Å². The molecule has 2 heterocycles. The third-order valence-electron chi connectivity index (χ3n) is 6.23. The van der Waals surface area contributed by atoms with Crippen molar-refractivity contribution in [2.45, 2.75) is 0 Å². The Kier molecular flexibility index (Phi) is 9.89. The minimum atomic E-state index is -0.326. The summed E-state index contributed by atoms with van der Waals surface area (Å²) in [6, 6.07) is 11.0. The summed E-state index contributed by atoms with van der Waals surface area (Å²) in [6.07, 6.45) is 2.87. The summed E-state index contributed by atoms with van der Waals surface area (Å²) in [5.41, 5.74) is 3.39. The number of rotatable bonds is 13. The van der Waals surface area contributed by atoms with Crippen molar-refractivity contribution in [2.75, 3.05) is 71.1 Å². The summed E-state index contributed by atoms with van der Waals surface area (Å²) in [4.78, 5) is 25.4. The molecule has 42 heavy (non-hydrogen) atoms. The number of carbonyl (C=O) groups excluding carboxylic acids is 1. The molecular formula is C29H34N8O4S. The molecule has 2 N–H and O–H groups in total. The Morgan fingerprint density at radius 2 is 1.67 bits per heavy atom. The zero-order chi connectivity index (χ0) is 30.2. The van der Waals surface area contributed by atoms with Crippen LogP contribution in [0, 0.1) is 0 Å². The van der Waals surface area contributed by atoms with Crippen LogP contribution < -0.4 is 29.7 Å². The van der Waals surface area contributed by atoms with Gasteiger partial charge in [0.15, 0.2) is 16.5 Å². The highest BCUT2D eigenvalue weighted by Gasteiger charge is 2.18. The maximum Gasteiger partial charge on any atom is 0.247 e. The summed E-state index contributed by atoms with van der Waals surface area (Å²) in [5, 5.41) is 16.1. The van der Waals surface area contributed by atoms with Crippen LogP contribution in [0.4, 0.5) is 23.0 Å². The first kappa shape index (κ1) is 30.2. The number of anilines is 4. The van der Waals surface area contributed by atoms with E-state index in [1.807, 2.05) is 50.3 Å². The molecular weight excluding hydrogens is 556 g/mol. The van der Waals surface area contributed by atoms with Crippen LogP contribution in [0.15, 0.2) is 55.3 Å². The first-order valence-corrected chi connectivity index (χ1v) is 13.8. The first-order valence-electron chi connectivity index (χ1n) is 12.9. The normalized spacial score (nSPS) is 10.7. The average molecular weight is 591 g/mol. The van der Waals surface area contributed by atoms with Crippen LogP contribution in [-0.4, -0.2) is 86.5 Å². The van der Waals surface area contributed by atoms with Crippen molar-refractivity contribution >= 4 is 40.3 Å². The quantitative estimate of drug-likeness (QED) is 0.213. The second-order valence-corrected chi connectivity index (χ2v) is 10.3. The predicted octanol–water partition coefficient (Wildman–Crippen LogP) is 4.55. The second kappa shape index (κ2) is 13.7. The van der Waals surface area contributed by atoms with Crippen LogP contribution >= 0.6 is 11.3 Å². The number of methoxy groups -OCH3 is 3. The molecule has 4 aromatic rings. The van der Waals surface area contributed by atoms with Crippen LogP contribution in [-0.2, 0) is 4.79 Å². The molecule has 12 nitrogen and oxygen atoms in total. The molecule has 1 amide bonds. The van der Waals surface area contributed by atoms with E-state index < -0.39 is 0 Å². The lowest BCUT2D eigenvalue weighted by Gasteiger charge is -2.26. The summed E-state index contributed by atoms with van der Waals surface area (Å²) in [7, 11) is 10.7. The average Bonchev–Trinajstić information content (AvgIpc) is 3.50. The smallest absolute Gasteiger partial charge is 0.247 e. The van der Waals surface area contributed by atoms with Gasteiger partial charge in [-0.05, 0) is 50.5 Å². The van der Waals surface area contributed by atoms with Crippen LogP contribution in [0.1, 0.15) is 0 Å². The number of likely N-dealkylation sites (N-methyl/N-ethyl adjacent to an activating group) is 2. The molecule has 13 heteroatoms. The van der Waals surface area contributed by atoms with Crippen molar-refractivity contribution in [1.82, 2.24) is 25.1 Å². The van der Waals surface area contributed by atoms with E-state index in [4.69, 9.17) is 14.2 Å². The maximum absolute atomic E-state index is 12.3. The second-order valence-electron chi connectivity index (χ2n) is 9.36. The Morgan fingerprint density at radius 1 is 0.929 bits per heavy atom. The number of hydrogen-bond acceptors (Lipinski definition) is 12. The van der Waals surface area contributed by atoms with Gasteiger partial charge < -0.3 is 34.6 Å². The number of carbonyl (C=O) groups is 1. The third kappa shape index (κ3) is 7.11. The van der Waals surface area contributed by atoms with Gasteiger partial charge in [0.05, 0.1) is 38.4 Å². The van der Waals surface area contributed by atoms with E-state index in [-0.39, 0.29) is 5.91 Å². The van der Waals surface area contributed by atoms with Crippen LogP contribution in [0.3, 0.4) is 0 Å². The molecule has 0 aliphatic rings. The highest BCUT2D eigenvalue weighted by Crippen LogP contribution is 2.39. The largest absolute Gasteiger partial charge is 0.494 e. The molecule has 0 spiro atoms. The van der Waals surface area contributed by atoms with Crippen LogP contribution in [0.5, 0.6) is 17.2 Å². The third-order valence-corrected chi connectivity index (χ3v) is 7.23. The highest BCUT2D eigenvalue weighted by atomic mass is 32.1. The molecule has 0 aliphatic carbocycles. The Labute approximate surface area is 249 Å². The molecule has 0 radical (unpaired) electrons. The number of benzene rings is 2. The lowest BCUT2D eigenvalue weighted by Crippen LogP contribution is -2.29. The summed E-state index contributed by atoms with van der Waals surface area (Å²) in [6.45, 7) is 5.14. The van der Waals surface area contributed by atoms with E-state index in [2.05, 4.69) is 42.3 Å². The van der Waals surface area contributed by atoms with E-state index >= 15 is 0 Å². The zero-order valence-corrected chi connectivity index (χ0v) is 25.3. The van der Waals surface area contributed by atoms with Gasteiger partial charge in [0.25, 0.3) is 0 Å². The predicted molar refractivity (Wildman–Crippen MR) is 166 cm³/mol. The van der Waals surface area contributed by atoms with Crippen LogP contribution in [0.2, 0.25) is 0 Å². The molecule has 0 unspecified atom stereocenters. The van der Waals surface area contributed by atoms with Gasteiger partial charge in [0.1, 0.15) is 16.5 Å². The van der Waals surface area contributed by atoms with Crippen LogP contribution in [0.25, 0.3) is 21.3 Å². The van der Waals surface area contributed by atoms with Crippen molar-refractivity contribution in [1.29, 1.82) is 0 Å². The maximum atomic E-state index is 12.3. The Balaban J connectivity index is 1.63. The fourth-order valence-electron chi connectivity index (χ4n) is 3.98. The number of nitrogens with zero attached hydrogens (tertiary/aromatic N) is 6. The topological polar surface area (TPSA) is 127 Å². The van der Waals surface area contributed by atoms with Gasteiger partial charge in [-0.1, -0.05) is 17.9 Å². The van der Waals surface area contributed by atoms with Crippen molar-refractivity contribution in [3.8, 4) is 38.5 Å². The minimum absolute atomic E-state index is 0.323. The van der Waals surface area contributed by atoms with E-state index in [1.54, 1.807) is 39.7 Å². The molecule has 220 valence electrons. The first-order chi connectivity index (χ1) is 20.3. The molecule has 0 saturated heterocycles. The Hall–Kier alpha value is -4.75. The van der Waals surface area contributed by atoms with Gasteiger partial charge in [-0.15, -0.1) is 10.2 Å². The molecule has 0 saturated carbocycles. The fraction of sp³-hybridized carbons (Fsp3) is 0.276. The zero-order valence-electron chi connectivity index (χ0n) is 24.5. The lowest BCUT2D eigenvalue weighted by molar-refractivity contribution is -0.111. The van der Waals surface area contributed by atoms with E-state index in [9.17, 15) is 4.79 Å². The number of nitrogens with one attached hydrogen (secondary N) is 2. The van der Waals surface area contributed by atoms with Gasteiger partial charge >= 0.3 is 0 Å². The SMILES string of the molecule is C=CC(=O)Nc1cc(Nc2nccc(-c3nnc(-c4ccc(OC)c(OC)c4)s3)n2)c(OC)cc1N(C)CCN(C)C. The standard InChI is InChI=1S/C29H34N8O4S/c1-8-26(38)31-20-16-21(24(40-6)17-22(20)37(4)14-13-36(2)3)33-29-30-12-11-19(32-29)28-35-34-27(42-28)18-9-10-23(39-5)25(15-18)41-7/h8-12,15-17H,1,13-14H2,2-7H3,(H,31,38)(H,30,32,33). The molecule has 0 aliphatic heterocycles. The van der Waals surface area contributed by atoms with Gasteiger partial charge in [-0.25, -0.2) is 9.97 Å². The minimum Gasteiger partial charge on any atom is -0.494 e. The van der Waals surface area contributed by atoms with Crippen molar-refractivity contribution in [3.63, 3.8) is 0 Å². The molecule has 2 aromatic heterocycles. The van der Waals surface area contributed by atoms with E-state index in [1.165, 1.54) is 17.4 Å². The van der Waals surface area contributed by atoms with Gasteiger partial charge in [-0.2, -0.15) is 0 Å².